The van der Waals surface area contributed by atoms with Crippen LogP contribution in [0.15, 0.2) is 66.7 Å². The molecule has 3 N–H and O–H groups in total. The van der Waals surface area contributed by atoms with E-state index in [9.17, 15) is 15.0 Å². The molecule has 0 heterocycles. The first-order valence-electron chi connectivity index (χ1n) is 8.75. The van der Waals surface area contributed by atoms with Crippen LogP contribution in [0.5, 0.6) is 23.0 Å². The van der Waals surface area contributed by atoms with Crippen LogP contribution in [0.2, 0.25) is 0 Å². The lowest BCUT2D eigenvalue weighted by Crippen LogP contribution is -2.12. The van der Waals surface area contributed by atoms with Crippen molar-refractivity contribution in [3.63, 3.8) is 0 Å². The SMILES string of the molecule is COc1ccc(NC(=O)c2cc(O)ccc2O)cc1OCCc1ccccc1. The van der Waals surface area contributed by atoms with Crippen molar-refractivity contribution in [2.45, 2.75) is 6.42 Å². The van der Waals surface area contributed by atoms with Crippen molar-refractivity contribution in [2.24, 2.45) is 0 Å². The average Bonchev–Trinajstić information content (AvgIpc) is 2.71. The zero-order chi connectivity index (χ0) is 19.9. The van der Waals surface area contributed by atoms with E-state index in [1.54, 1.807) is 25.3 Å². The number of amides is 1. The van der Waals surface area contributed by atoms with Crippen molar-refractivity contribution >= 4 is 11.6 Å². The normalized spacial score (nSPS) is 10.3. The molecule has 0 aliphatic carbocycles. The molecule has 28 heavy (non-hydrogen) atoms. The lowest BCUT2D eigenvalue weighted by molar-refractivity contribution is 0.102. The molecule has 0 saturated heterocycles. The lowest BCUT2D eigenvalue weighted by atomic mass is 10.1. The Hall–Kier alpha value is -3.67. The third-order valence-electron chi connectivity index (χ3n) is 4.14. The summed E-state index contributed by atoms with van der Waals surface area (Å²) in [6.45, 7) is 0.450. The van der Waals surface area contributed by atoms with Crippen LogP contribution in [0.25, 0.3) is 0 Å². The highest BCUT2D eigenvalue weighted by Crippen LogP contribution is 2.31. The number of nitrogens with one attached hydrogen (secondary N) is 1. The number of ether oxygens (including phenoxy) is 2. The summed E-state index contributed by atoms with van der Waals surface area (Å²) < 4.78 is 11.2. The monoisotopic (exact) mass is 379 g/mol. The Morgan fingerprint density at radius 3 is 2.50 bits per heavy atom. The van der Waals surface area contributed by atoms with Crippen molar-refractivity contribution in [2.75, 3.05) is 19.0 Å². The van der Waals surface area contributed by atoms with Crippen LogP contribution in [0.3, 0.4) is 0 Å². The fraction of sp³-hybridized carbons (Fsp3) is 0.136. The Kier molecular flexibility index (Phi) is 6.01. The first kappa shape index (κ1) is 19.1. The summed E-state index contributed by atoms with van der Waals surface area (Å²) in [4.78, 5) is 12.4. The molecule has 0 aromatic heterocycles. The van der Waals surface area contributed by atoms with Crippen LogP contribution in [0.1, 0.15) is 15.9 Å². The minimum Gasteiger partial charge on any atom is -0.508 e. The summed E-state index contributed by atoms with van der Waals surface area (Å²) in [5.41, 5.74) is 1.61. The van der Waals surface area contributed by atoms with Crippen LogP contribution >= 0.6 is 0 Å². The molecule has 0 saturated carbocycles. The quantitative estimate of drug-likeness (QED) is 0.541. The van der Waals surface area contributed by atoms with E-state index in [1.807, 2.05) is 30.3 Å². The number of hydrogen-bond donors (Lipinski definition) is 3. The molecular formula is C22H21NO5. The molecule has 0 aliphatic heterocycles. The second kappa shape index (κ2) is 8.81. The third-order valence-corrected chi connectivity index (χ3v) is 4.14. The number of phenolic OH excluding ortho intramolecular Hbond substituents is 2. The maximum absolute atomic E-state index is 12.4. The zero-order valence-electron chi connectivity index (χ0n) is 15.4. The molecule has 6 nitrogen and oxygen atoms in total. The zero-order valence-corrected chi connectivity index (χ0v) is 15.4. The number of hydrogen-bond acceptors (Lipinski definition) is 5. The maximum Gasteiger partial charge on any atom is 0.259 e. The van der Waals surface area contributed by atoms with Gasteiger partial charge in [0.15, 0.2) is 11.5 Å². The molecule has 0 bridgehead atoms. The van der Waals surface area contributed by atoms with Crippen LogP contribution in [-0.2, 0) is 6.42 Å². The number of rotatable bonds is 7. The number of benzene rings is 3. The van der Waals surface area contributed by atoms with E-state index in [0.717, 1.165) is 12.0 Å². The average molecular weight is 379 g/mol. The van der Waals surface area contributed by atoms with Crippen LogP contribution in [0.4, 0.5) is 5.69 Å². The fourth-order valence-corrected chi connectivity index (χ4v) is 2.70. The van der Waals surface area contributed by atoms with Gasteiger partial charge in [-0.25, -0.2) is 0 Å². The lowest BCUT2D eigenvalue weighted by Gasteiger charge is -2.13. The van der Waals surface area contributed by atoms with Crippen LogP contribution in [0, 0.1) is 0 Å². The van der Waals surface area contributed by atoms with Crippen molar-refractivity contribution in [3.8, 4) is 23.0 Å². The van der Waals surface area contributed by atoms with Gasteiger partial charge in [0.25, 0.3) is 5.91 Å². The Labute approximate surface area is 163 Å². The van der Waals surface area contributed by atoms with Gasteiger partial charge in [0.1, 0.15) is 11.5 Å². The van der Waals surface area contributed by atoms with Crippen molar-refractivity contribution < 1.29 is 24.5 Å². The smallest absolute Gasteiger partial charge is 0.259 e. The highest BCUT2D eigenvalue weighted by atomic mass is 16.5. The number of methoxy groups -OCH3 is 1. The highest BCUT2D eigenvalue weighted by molar-refractivity contribution is 6.06. The second-order valence-corrected chi connectivity index (χ2v) is 6.11. The van der Waals surface area contributed by atoms with Gasteiger partial charge in [-0.05, 0) is 35.9 Å². The number of anilines is 1. The molecule has 1 amide bonds. The molecule has 3 rings (SSSR count). The number of aromatic hydroxyl groups is 2. The van der Waals surface area contributed by atoms with Crippen molar-refractivity contribution in [3.05, 3.63) is 77.9 Å². The van der Waals surface area contributed by atoms with E-state index >= 15 is 0 Å². The molecule has 0 radical (unpaired) electrons. The summed E-state index contributed by atoms with van der Waals surface area (Å²) in [7, 11) is 1.54. The molecule has 3 aromatic carbocycles. The summed E-state index contributed by atoms with van der Waals surface area (Å²) >= 11 is 0. The molecule has 3 aromatic rings. The first-order valence-corrected chi connectivity index (χ1v) is 8.75. The fourth-order valence-electron chi connectivity index (χ4n) is 2.70. The summed E-state index contributed by atoms with van der Waals surface area (Å²) in [6.07, 6.45) is 0.734. The van der Waals surface area contributed by atoms with Crippen molar-refractivity contribution in [1.29, 1.82) is 0 Å². The van der Waals surface area contributed by atoms with E-state index < -0.39 is 5.91 Å². The van der Waals surface area contributed by atoms with Gasteiger partial charge in [-0.3, -0.25) is 4.79 Å². The third kappa shape index (κ3) is 4.73. The molecule has 0 unspecified atom stereocenters. The minimum absolute atomic E-state index is 0.0256. The Morgan fingerprint density at radius 2 is 1.75 bits per heavy atom. The first-order chi connectivity index (χ1) is 13.6. The van der Waals surface area contributed by atoms with Gasteiger partial charge in [-0.2, -0.15) is 0 Å². The van der Waals surface area contributed by atoms with Gasteiger partial charge < -0.3 is 25.0 Å². The Morgan fingerprint density at radius 1 is 0.964 bits per heavy atom. The minimum atomic E-state index is -0.547. The molecule has 0 atom stereocenters. The largest absolute Gasteiger partial charge is 0.508 e. The van der Waals surface area contributed by atoms with Gasteiger partial charge in [0.2, 0.25) is 0 Å². The molecule has 144 valence electrons. The van der Waals surface area contributed by atoms with Crippen LogP contribution in [-0.4, -0.2) is 29.8 Å². The molecular weight excluding hydrogens is 358 g/mol. The van der Waals surface area contributed by atoms with E-state index in [4.69, 9.17) is 9.47 Å². The number of phenols is 2. The summed E-state index contributed by atoms with van der Waals surface area (Å²) in [5, 5.41) is 22.0. The molecule has 6 heteroatoms. The second-order valence-electron chi connectivity index (χ2n) is 6.11. The van der Waals surface area contributed by atoms with Gasteiger partial charge in [-0.1, -0.05) is 30.3 Å². The summed E-state index contributed by atoms with van der Waals surface area (Å²) in [6, 6.07) is 18.7. The molecule has 0 fully saturated rings. The summed E-state index contributed by atoms with van der Waals surface area (Å²) in [5.74, 6) is 0.169. The standard InChI is InChI=1S/C22H21NO5/c1-27-20-10-7-16(23-22(26)18-14-17(24)8-9-19(18)25)13-21(20)28-12-11-15-5-3-2-4-6-15/h2-10,13-14,24-25H,11-12H2,1H3,(H,23,26). The van der Waals surface area contributed by atoms with Gasteiger partial charge >= 0.3 is 0 Å². The maximum atomic E-state index is 12.4. The van der Waals surface area contributed by atoms with Crippen LogP contribution < -0.4 is 14.8 Å². The van der Waals surface area contributed by atoms with Gasteiger partial charge in [0, 0.05) is 18.2 Å². The number of carbonyl (C=O) groups excluding carboxylic acids is 1. The van der Waals surface area contributed by atoms with Gasteiger partial charge in [-0.15, -0.1) is 0 Å². The highest BCUT2D eigenvalue weighted by Gasteiger charge is 2.14. The molecule has 0 aliphatic rings. The Bertz CT molecular complexity index is 956. The predicted octanol–water partition coefficient (Wildman–Crippen LogP) is 3.98. The Balaban J connectivity index is 1.71. The van der Waals surface area contributed by atoms with E-state index in [2.05, 4.69) is 5.32 Å². The van der Waals surface area contributed by atoms with Crippen molar-refractivity contribution in [1.82, 2.24) is 0 Å². The number of carbonyl (C=O) groups is 1. The predicted molar refractivity (Wildman–Crippen MR) is 106 cm³/mol. The van der Waals surface area contributed by atoms with E-state index in [1.165, 1.54) is 18.2 Å². The van der Waals surface area contributed by atoms with Gasteiger partial charge in [0.05, 0.1) is 19.3 Å². The molecule has 0 spiro atoms. The van der Waals surface area contributed by atoms with E-state index in [0.29, 0.717) is 23.8 Å². The van der Waals surface area contributed by atoms with E-state index in [-0.39, 0.29) is 17.1 Å². The topological polar surface area (TPSA) is 88.0 Å².